The molecule has 2 aromatic rings. The van der Waals surface area contributed by atoms with Gasteiger partial charge in [0.25, 0.3) is 0 Å². The molecule has 1 N–H and O–H groups in total. The van der Waals surface area contributed by atoms with Crippen molar-refractivity contribution in [1.29, 1.82) is 0 Å². The molecule has 2 rings (SSSR count). The predicted octanol–water partition coefficient (Wildman–Crippen LogP) is 4.58. The third-order valence-electron chi connectivity index (χ3n) is 4.35. The van der Waals surface area contributed by atoms with Gasteiger partial charge in [-0.15, -0.1) is 0 Å². The first-order valence-electron chi connectivity index (χ1n) is 8.47. The van der Waals surface area contributed by atoms with Gasteiger partial charge in [-0.2, -0.15) is 13.2 Å². The van der Waals surface area contributed by atoms with Crippen LogP contribution < -0.4 is 10.1 Å². The Morgan fingerprint density at radius 3 is 2.48 bits per heavy atom. The topological polar surface area (TPSA) is 38.3 Å². The van der Waals surface area contributed by atoms with E-state index < -0.39 is 30.1 Å². The van der Waals surface area contributed by atoms with E-state index in [9.17, 15) is 22.4 Å². The van der Waals surface area contributed by atoms with Gasteiger partial charge >= 0.3 is 6.18 Å². The van der Waals surface area contributed by atoms with Crippen LogP contribution in [0, 0.1) is 12.7 Å². The minimum Gasteiger partial charge on any atom is -0.486 e. The molecule has 146 valence electrons. The maximum Gasteiger partial charge on any atom is 0.416 e. The van der Waals surface area contributed by atoms with Crippen molar-refractivity contribution < 1.29 is 27.1 Å². The Labute approximate surface area is 155 Å². The van der Waals surface area contributed by atoms with Gasteiger partial charge < -0.3 is 10.1 Å². The van der Waals surface area contributed by atoms with Gasteiger partial charge in [-0.3, -0.25) is 4.79 Å². The predicted molar refractivity (Wildman–Crippen MR) is 94.1 cm³/mol. The normalized spacial score (nSPS) is 11.4. The fraction of sp³-hybridized carbons (Fsp3) is 0.350. The van der Waals surface area contributed by atoms with Gasteiger partial charge in [-0.25, -0.2) is 4.39 Å². The lowest BCUT2D eigenvalue weighted by Gasteiger charge is -2.18. The fourth-order valence-electron chi connectivity index (χ4n) is 2.84. The lowest BCUT2D eigenvalue weighted by Crippen LogP contribution is -2.22. The number of carbonyl (C=O) groups excluding carboxylic acids is 1. The molecule has 0 aliphatic carbocycles. The van der Waals surface area contributed by atoms with E-state index in [0.29, 0.717) is 6.42 Å². The van der Waals surface area contributed by atoms with Crippen molar-refractivity contribution in [2.45, 2.75) is 39.5 Å². The van der Waals surface area contributed by atoms with Crippen LogP contribution in [0.5, 0.6) is 5.75 Å². The third-order valence-corrected chi connectivity index (χ3v) is 4.35. The molecule has 0 aliphatic rings. The van der Waals surface area contributed by atoms with E-state index in [-0.39, 0.29) is 23.3 Å². The summed E-state index contributed by atoms with van der Waals surface area (Å²) in [7, 11) is 1.40. The van der Waals surface area contributed by atoms with Crippen LogP contribution in [0.25, 0.3) is 0 Å². The summed E-state index contributed by atoms with van der Waals surface area (Å²) in [4.78, 5) is 11.6. The number of halogens is 4. The summed E-state index contributed by atoms with van der Waals surface area (Å²) >= 11 is 0. The van der Waals surface area contributed by atoms with E-state index in [1.54, 1.807) is 6.92 Å². The highest BCUT2D eigenvalue weighted by atomic mass is 19.4. The first-order valence-corrected chi connectivity index (χ1v) is 8.47. The second-order valence-corrected chi connectivity index (χ2v) is 6.14. The number of hydrogen-bond acceptors (Lipinski definition) is 2. The van der Waals surface area contributed by atoms with E-state index in [1.165, 1.54) is 31.3 Å². The Balaban J connectivity index is 2.39. The van der Waals surface area contributed by atoms with Gasteiger partial charge in [0.1, 0.15) is 6.61 Å². The van der Waals surface area contributed by atoms with Crippen LogP contribution >= 0.6 is 0 Å². The number of amides is 1. The molecule has 0 fully saturated rings. The lowest BCUT2D eigenvalue weighted by atomic mass is 9.98. The Hall–Kier alpha value is -2.57. The Morgan fingerprint density at radius 2 is 1.89 bits per heavy atom. The minimum atomic E-state index is -4.61. The largest absolute Gasteiger partial charge is 0.486 e. The van der Waals surface area contributed by atoms with Crippen molar-refractivity contribution in [3.05, 3.63) is 64.0 Å². The average Bonchev–Trinajstić information content (AvgIpc) is 2.61. The van der Waals surface area contributed by atoms with Crippen molar-refractivity contribution in [1.82, 2.24) is 5.32 Å². The molecule has 1 amide bonds. The molecule has 0 saturated heterocycles. The summed E-state index contributed by atoms with van der Waals surface area (Å²) in [6, 6.07) is 6.40. The molecule has 0 heterocycles. The highest BCUT2D eigenvalue weighted by molar-refractivity contribution is 5.78. The standard InChI is InChI=1S/C20H21F4NO2/c1-4-13-9-17(21)18(8-12(13)2)27-11-15-14(10-19(26)25-3)6-5-7-16(15)20(22,23)24/h5-9H,4,10-11H2,1-3H3,(H,25,26). The van der Waals surface area contributed by atoms with Gasteiger partial charge in [0, 0.05) is 12.6 Å². The van der Waals surface area contributed by atoms with Crippen LogP contribution in [0.2, 0.25) is 0 Å². The zero-order valence-electron chi connectivity index (χ0n) is 15.3. The molecular formula is C20H21F4NO2. The number of hydrogen-bond donors (Lipinski definition) is 1. The molecule has 3 nitrogen and oxygen atoms in total. The smallest absolute Gasteiger partial charge is 0.416 e. The molecule has 0 atom stereocenters. The van der Waals surface area contributed by atoms with Crippen LogP contribution in [0.3, 0.4) is 0 Å². The van der Waals surface area contributed by atoms with Gasteiger partial charge in [0.05, 0.1) is 12.0 Å². The summed E-state index contributed by atoms with van der Waals surface area (Å²) in [5, 5.41) is 2.38. The van der Waals surface area contributed by atoms with Crippen molar-refractivity contribution in [2.75, 3.05) is 7.05 Å². The first-order chi connectivity index (χ1) is 12.7. The zero-order chi connectivity index (χ0) is 20.2. The first kappa shape index (κ1) is 20.7. The SMILES string of the molecule is CCc1cc(F)c(OCc2c(CC(=O)NC)cccc2C(F)(F)F)cc1C. The quantitative estimate of drug-likeness (QED) is 0.742. The minimum absolute atomic E-state index is 0.118. The number of carbonyl (C=O) groups is 1. The van der Waals surface area contributed by atoms with Crippen LogP contribution in [-0.2, 0) is 30.4 Å². The fourth-order valence-corrected chi connectivity index (χ4v) is 2.84. The number of ether oxygens (including phenoxy) is 1. The zero-order valence-corrected chi connectivity index (χ0v) is 15.3. The van der Waals surface area contributed by atoms with Gasteiger partial charge in [0.15, 0.2) is 11.6 Å². The maximum absolute atomic E-state index is 14.2. The van der Waals surface area contributed by atoms with E-state index in [1.807, 2.05) is 6.92 Å². The van der Waals surface area contributed by atoms with E-state index >= 15 is 0 Å². The van der Waals surface area contributed by atoms with Crippen LogP contribution in [0.1, 0.15) is 34.7 Å². The highest BCUT2D eigenvalue weighted by Gasteiger charge is 2.34. The molecule has 0 unspecified atom stereocenters. The summed E-state index contributed by atoms with van der Waals surface area (Å²) < 4.78 is 59.8. The van der Waals surface area contributed by atoms with Crippen molar-refractivity contribution in [2.24, 2.45) is 0 Å². The Kier molecular flexibility index (Phi) is 6.46. The van der Waals surface area contributed by atoms with E-state index in [4.69, 9.17) is 4.74 Å². The van der Waals surface area contributed by atoms with Crippen molar-refractivity contribution in [3.8, 4) is 5.75 Å². The van der Waals surface area contributed by atoms with E-state index in [0.717, 1.165) is 17.2 Å². The molecule has 7 heteroatoms. The third kappa shape index (κ3) is 4.99. The van der Waals surface area contributed by atoms with Crippen molar-refractivity contribution >= 4 is 5.91 Å². The maximum atomic E-state index is 14.2. The van der Waals surface area contributed by atoms with Gasteiger partial charge in [0.2, 0.25) is 5.91 Å². The van der Waals surface area contributed by atoms with Gasteiger partial charge in [-0.05, 0) is 48.2 Å². The lowest BCUT2D eigenvalue weighted by molar-refractivity contribution is -0.138. The number of nitrogens with one attached hydrogen (secondary N) is 1. The molecule has 27 heavy (non-hydrogen) atoms. The summed E-state index contributed by atoms with van der Waals surface area (Å²) in [5.74, 6) is -1.17. The Morgan fingerprint density at radius 1 is 1.19 bits per heavy atom. The molecule has 0 saturated carbocycles. The molecule has 0 aromatic heterocycles. The van der Waals surface area contributed by atoms with Crippen LogP contribution in [0.15, 0.2) is 30.3 Å². The summed E-state index contributed by atoms with van der Waals surface area (Å²) in [6.07, 6.45) is -4.20. The van der Waals surface area contributed by atoms with Crippen LogP contribution in [0.4, 0.5) is 17.6 Å². The number of likely N-dealkylation sites (N-methyl/N-ethyl adjacent to an activating group) is 1. The van der Waals surface area contributed by atoms with Gasteiger partial charge in [-0.1, -0.05) is 19.1 Å². The summed E-state index contributed by atoms with van der Waals surface area (Å²) in [6.45, 7) is 3.17. The summed E-state index contributed by atoms with van der Waals surface area (Å²) in [5.41, 5.74) is 0.711. The molecule has 2 aromatic carbocycles. The Bertz CT molecular complexity index is 831. The second kappa shape index (κ2) is 8.41. The molecular weight excluding hydrogens is 362 g/mol. The highest BCUT2D eigenvalue weighted by Crippen LogP contribution is 2.34. The van der Waals surface area contributed by atoms with E-state index in [2.05, 4.69) is 5.32 Å². The van der Waals surface area contributed by atoms with Crippen molar-refractivity contribution in [3.63, 3.8) is 0 Å². The number of benzene rings is 2. The monoisotopic (exact) mass is 383 g/mol. The molecule has 0 spiro atoms. The number of aryl methyl sites for hydroxylation is 2. The number of rotatable bonds is 6. The molecule has 0 radical (unpaired) electrons. The molecule has 0 aliphatic heterocycles. The number of alkyl halides is 3. The van der Waals surface area contributed by atoms with Crippen LogP contribution in [-0.4, -0.2) is 13.0 Å². The second-order valence-electron chi connectivity index (χ2n) is 6.14. The average molecular weight is 383 g/mol. The molecule has 0 bridgehead atoms.